The third-order valence-corrected chi connectivity index (χ3v) is 2.82. The van der Waals surface area contributed by atoms with Gasteiger partial charge >= 0.3 is 0 Å². The maximum atomic E-state index is 11.5. The summed E-state index contributed by atoms with van der Waals surface area (Å²) in [6.07, 6.45) is -0.815. The molecule has 74 valence electrons. The zero-order valence-electron chi connectivity index (χ0n) is 8.24. The van der Waals surface area contributed by atoms with E-state index in [1.165, 1.54) is 0 Å². The number of aliphatic hydroxyl groups excluding tert-OH is 1. The molecule has 0 bridgehead atoms. The van der Waals surface area contributed by atoms with Crippen LogP contribution in [0.5, 0.6) is 0 Å². The van der Waals surface area contributed by atoms with E-state index in [-0.39, 0.29) is 5.91 Å². The Morgan fingerprint density at radius 2 is 2.00 bits per heavy atom. The molecule has 2 rings (SSSR count). The van der Waals surface area contributed by atoms with E-state index in [0.29, 0.717) is 5.56 Å². The van der Waals surface area contributed by atoms with Crippen LogP contribution in [0.4, 0.5) is 0 Å². The molecule has 0 fully saturated rings. The lowest BCUT2D eigenvalue weighted by Crippen LogP contribution is -2.52. The number of hydrogen-bond acceptors (Lipinski definition) is 2. The summed E-state index contributed by atoms with van der Waals surface area (Å²) in [6.45, 7) is 3.83. The first-order chi connectivity index (χ1) is 6.53. The standard InChI is InChI=1S/C11H13NO2/c1-11(2)8-6-4-3-5-7(8)9(13)12-10(11)14/h3-6,10,14H,1-2H3,(H,12,13). The van der Waals surface area contributed by atoms with Crippen LogP contribution in [0.3, 0.4) is 0 Å². The zero-order valence-corrected chi connectivity index (χ0v) is 8.24. The molecular weight excluding hydrogens is 178 g/mol. The molecule has 3 nitrogen and oxygen atoms in total. The molecule has 1 atom stereocenters. The van der Waals surface area contributed by atoms with Crippen molar-refractivity contribution in [3.05, 3.63) is 35.4 Å². The Labute approximate surface area is 82.8 Å². The van der Waals surface area contributed by atoms with E-state index in [2.05, 4.69) is 5.32 Å². The summed E-state index contributed by atoms with van der Waals surface area (Å²) < 4.78 is 0. The van der Waals surface area contributed by atoms with Crippen molar-refractivity contribution < 1.29 is 9.90 Å². The molecule has 0 saturated heterocycles. The predicted octanol–water partition coefficient (Wildman–Crippen LogP) is 1.03. The molecular formula is C11H13NO2. The third-order valence-electron chi connectivity index (χ3n) is 2.82. The smallest absolute Gasteiger partial charge is 0.253 e. The van der Waals surface area contributed by atoms with Gasteiger partial charge in [0.1, 0.15) is 6.23 Å². The van der Waals surface area contributed by atoms with Gasteiger partial charge in [-0.05, 0) is 11.6 Å². The summed E-state index contributed by atoms with van der Waals surface area (Å²) in [7, 11) is 0. The highest BCUT2D eigenvalue weighted by molar-refractivity contribution is 5.97. The number of rotatable bonds is 0. The van der Waals surface area contributed by atoms with Gasteiger partial charge in [-0.25, -0.2) is 0 Å². The maximum Gasteiger partial charge on any atom is 0.253 e. The first-order valence-electron chi connectivity index (χ1n) is 4.62. The minimum absolute atomic E-state index is 0.201. The van der Waals surface area contributed by atoms with E-state index >= 15 is 0 Å². The highest BCUT2D eigenvalue weighted by atomic mass is 16.3. The van der Waals surface area contributed by atoms with E-state index in [9.17, 15) is 9.90 Å². The number of carbonyl (C=O) groups is 1. The Kier molecular flexibility index (Phi) is 1.86. The Hall–Kier alpha value is -1.35. The Morgan fingerprint density at radius 3 is 2.71 bits per heavy atom. The summed E-state index contributed by atoms with van der Waals surface area (Å²) in [4.78, 5) is 11.5. The van der Waals surface area contributed by atoms with E-state index in [1.54, 1.807) is 6.07 Å². The number of benzene rings is 1. The molecule has 0 aromatic heterocycles. The summed E-state index contributed by atoms with van der Waals surface area (Å²) >= 11 is 0. The molecule has 0 radical (unpaired) electrons. The quantitative estimate of drug-likeness (QED) is 0.643. The van der Waals surface area contributed by atoms with Crippen LogP contribution >= 0.6 is 0 Å². The summed E-state index contributed by atoms with van der Waals surface area (Å²) in [6, 6.07) is 7.37. The van der Waals surface area contributed by atoms with Crippen LogP contribution in [-0.4, -0.2) is 17.2 Å². The van der Waals surface area contributed by atoms with Gasteiger partial charge in [-0.15, -0.1) is 0 Å². The molecule has 0 spiro atoms. The monoisotopic (exact) mass is 191 g/mol. The predicted molar refractivity (Wildman–Crippen MR) is 52.9 cm³/mol. The van der Waals surface area contributed by atoms with Crippen molar-refractivity contribution in [3.8, 4) is 0 Å². The van der Waals surface area contributed by atoms with E-state index in [0.717, 1.165) is 5.56 Å². The highest BCUT2D eigenvalue weighted by Gasteiger charge is 2.38. The SMILES string of the molecule is CC1(C)c2ccccc2C(=O)NC1O. The van der Waals surface area contributed by atoms with Crippen molar-refractivity contribution in [3.63, 3.8) is 0 Å². The Morgan fingerprint density at radius 1 is 1.36 bits per heavy atom. The lowest BCUT2D eigenvalue weighted by molar-refractivity contribution is 0.0461. The van der Waals surface area contributed by atoms with Gasteiger partial charge in [0.05, 0.1) is 0 Å². The van der Waals surface area contributed by atoms with E-state index < -0.39 is 11.6 Å². The number of nitrogens with one attached hydrogen (secondary N) is 1. The van der Waals surface area contributed by atoms with Crippen molar-refractivity contribution in [2.24, 2.45) is 0 Å². The molecule has 0 saturated carbocycles. The minimum atomic E-state index is -0.815. The summed E-state index contributed by atoms with van der Waals surface area (Å²) in [5.74, 6) is -0.201. The summed E-state index contributed by atoms with van der Waals surface area (Å²) in [5, 5.41) is 12.3. The minimum Gasteiger partial charge on any atom is -0.373 e. The lowest BCUT2D eigenvalue weighted by Gasteiger charge is -2.37. The van der Waals surface area contributed by atoms with Crippen LogP contribution in [-0.2, 0) is 5.41 Å². The summed E-state index contributed by atoms with van der Waals surface area (Å²) in [5.41, 5.74) is 1.13. The number of hydrogen-bond donors (Lipinski definition) is 2. The van der Waals surface area contributed by atoms with Gasteiger partial charge in [-0.3, -0.25) is 4.79 Å². The molecule has 1 aliphatic rings. The van der Waals surface area contributed by atoms with Gasteiger partial charge in [0.15, 0.2) is 0 Å². The average molecular weight is 191 g/mol. The Balaban J connectivity index is 2.63. The molecule has 0 aliphatic carbocycles. The van der Waals surface area contributed by atoms with Crippen molar-refractivity contribution in [1.29, 1.82) is 0 Å². The van der Waals surface area contributed by atoms with Crippen LogP contribution in [0.2, 0.25) is 0 Å². The molecule has 3 heteroatoms. The number of carbonyl (C=O) groups excluding carboxylic acids is 1. The second kappa shape index (κ2) is 2.82. The van der Waals surface area contributed by atoms with Crippen molar-refractivity contribution in [1.82, 2.24) is 5.32 Å². The molecule has 1 aliphatic heterocycles. The molecule has 1 amide bonds. The first-order valence-corrected chi connectivity index (χ1v) is 4.62. The second-order valence-electron chi connectivity index (χ2n) is 4.14. The maximum absolute atomic E-state index is 11.5. The highest BCUT2D eigenvalue weighted by Crippen LogP contribution is 2.32. The second-order valence-corrected chi connectivity index (χ2v) is 4.14. The number of fused-ring (bicyclic) bond motifs is 1. The van der Waals surface area contributed by atoms with Gasteiger partial charge in [-0.1, -0.05) is 32.0 Å². The van der Waals surface area contributed by atoms with Crippen molar-refractivity contribution >= 4 is 5.91 Å². The molecule has 1 unspecified atom stereocenters. The van der Waals surface area contributed by atoms with E-state index in [4.69, 9.17) is 0 Å². The zero-order chi connectivity index (χ0) is 10.3. The van der Waals surface area contributed by atoms with Crippen LogP contribution in [0.25, 0.3) is 0 Å². The average Bonchev–Trinajstić information content (AvgIpc) is 2.16. The topological polar surface area (TPSA) is 49.3 Å². The molecule has 14 heavy (non-hydrogen) atoms. The van der Waals surface area contributed by atoms with Gasteiger partial charge in [0, 0.05) is 11.0 Å². The van der Waals surface area contributed by atoms with Crippen LogP contribution in [0.15, 0.2) is 24.3 Å². The fourth-order valence-corrected chi connectivity index (χ4v) is 1.77. The van der Waals surface area contributed by atoms with Crippen LogP contribution in [0, 0.1) is 0 Å². The largest absolute Gasteiger partial charge is 0.373 e. The van der Waals surface area contributed by atoms with Gasteiger partial charge in [0.2, 0.25) is 0 Å². The van der Waals surface area contributed by atoms with Crippen molar-refractivity contribution in [2.75, 3.05) is 0 Å². The van der Waals surface area contributed by atoms with E-state index in [1.807, 2.05) is 32.0 Å². The molecule has 1 heterocycles. The Bertz CT molecular complexity index is 385. The van der Waals surface area contributed by atoms with Gasteiger partial charge < -0.3 is 10.4 Å². The first kappa shape index (κ1) is 9.21. The molecule has 1 aromatic carbocycles. The van der Waals surface area contributed by atoms with Crippen molar-refractivity contribution in [2.45, 2.75) is 25.5 Å². The molecule has 2 N–H and O–H groups in total. The lowest BCUT2D eigenvalue weighted by atomic mass is 9.77. The van der Waals surface area contributed by atoms with Crippen LogP contribution < -0.4 is 5.32 Å². The molecule has 1 aromatic rings. The third kappa shape index (κ3) is 1.13. The fourth-order valence-electron chi connectivity index (χ4n) is 1.77. The normalized spacial score (nSPS) is 23.9. The van der Waals surface area contributed by atoms with Crippen LogP contribution in [0.1, 0.15) is 29.8 Å². The fraction of sp³-hybridized carbons (Fsp3) is 0.364. The van der Waals surface area contributed by atoms with Gasteiger partial charge in [0.25, 0.3) is 5.91 Å². The number of amides is 1. The number of aliphatic hydroxyl groups is 1. The van der Waals surface area contributed by atoms with Gasteiger partial charge in [-0.2, -0.15) is 0 Å².